The third-order valence-corrected chi connectivity index (χ3v) is 5.29. The lowest BCUT2D eigenvalue weighted by Gasteiger charge is -2.03. The van der Waals surface area contributed by atoms with Gasteiger partial charge in [0.25, 0.3) is 0 Å². The van der Waals surface area contributed by atoms with Crippen LogP contribution in [0, 0.1) is 22.0 Å². The molecule has 2 nitrogen and oxygen atoms in total. The van der Waals surface area contributed by atoms with Crippen molar-refractivity contribution < 1.29 is 4.39 Å². The van der Waals surface area contributed by atoms with Gasteiger partial charge in [-0.3, -0.25) is 0 Å². The Labute approximate surface area is 175 Å². The summed E-state index contributed by atoms with van der Waals surface area (Å²) in [6, 6.07) is 15.7. The standard InChI is InChI=1S/C11H11NS.C10H8FNS.C2H6/c1-8-3-4-10-9(7-8)5-6-12(2)11(10)13;1-12-6-9(11)7-4-2-3-5-8(7)10(12)13;1-2/h3-7H,1-2H3;2-6H,1H3;1-2H3. The number of hydrogen-bond donors (Lipinski definition) is 0. The fourth-order valence-corrected chi connectivity index (χ4v) is 3.31. The van der Waals surface area contributed by atoms with Crippen LogP contribution in [0.25, 0.3) is 21.5 Å². The van der Waals surface area contributed by atoms with E-state index in [2.05, 4.69) is 31.2 Å². The summed E-state index contributed by atoms with van der Waals surface area (Å²) >= 11 is 10.5. The normalized spacial score (nSPS) is 10.1. The lowest BCUT2D eigenvalue weighted by Crippen LogP contribution is -1.95. The van der Waals surface area contributed by atoms with E-state index in [1.807, 2.05) is 43.8 Å². The van der Waals surface area contributed by atoms with Gasteiger partial charge in [0.1, 0.15) is 15.1 Å². The summed E-state index contributed by atoms with van der Waals surface area (Å²) in [5, 5.41) is 3.76. The number of benzene rings is 2. The molecule has 0 aliphatic heterocycles. The van der Waals surface area contributed by atoms with E-state index >= 15 is 0 Å². The van der Waals surface area contributed by atoms with E-state index in [1.54, 1.807) is 23.7 Å². The van der Waals surface area contributed by atoms with Gasteiger partial charge >= 0.3 is 0 Å². The van der Waals surface area contributed by atoms with Gasteiger partial charge in [-0.2, -0.15) is 0 Å². The number of nitrogens with zero attached hydrogens (tertiary/aromatic N) is 2. The van der Waals surface area contributed by atoms with Crippen LogP contribution in [0.1, 0.15) is 19.4 Å². The van der Waals surface area contributed by atoms with Crippen molar-refractivity contribution in [1.29, 1.82) is 0 Å². The molecular formula is C23H25FN2S2. The average Bonchev–Trinajstić information content (AvgIpc) is 2.71. The first kappa shape index (κ1) is 21.9. The van der Waals surface area contributed by atoms with Crippen molar-refractivity contribution in [2.24, 2.45) is 14.1 Å². The highest BCUT2D eigenvalue weighted by Crippen LogP contribution is 2.18. The predicted octanol–water partition coefficient (Wildman–Crippen LogP) is 7.29. The van der Waals surface area contributed by atoms with Gasteiger partial charge < -0.3 is 9.13 Å². The second-order valence-electron chi connectivity index (χ2n) is 6.26. The first-order chi connectivity index (χ1) is 13.4. The Morgan fingerprint density at radius 3 is 2.07 bits per heavy atom. The predicted molar refractivity (Wildman–Crippen MR) is 124 cm³/mol. The van der Waals surface area contributed by atoms with Crippen LogP contribution in [0.4, 0.5) is 4.39 Å². The number of hydrogen-bond acceptors (Lipinski definition) is 2. The minimum Gasteiger partial charge on any atom is -0.342 e. The quantitative estimate of drug-likeness (QED) is 0.281. The van der Waals surface area contributed by atoms with Crippen LogP contribution in [0.15, 0.2) is 60.9 Å². The van der Waals surface area contributed by atoms with Gasteiger partial charge in [0.15, 0.2) is 0 Å². The molecule has 0 saturated carbocycles. The zero-order valence-corrected chi connectivity index (χ0v) is 18.5. The molecule has 0 amide bonds. The maximum Gasteiger partial charge on any atom is 0.147 e. The van der Waals surface area contributed by atoms with Crippen molar-refractivity contribution in [1.82, 2.24) is 9.13 Å². The van der Waals surface area contributed by atoms with Gasteiger partial charge in [0.05, 0.1) is 0 Å². The molecule has 28 heavy (non-hydrogen) atoms. The molecule has 0 atom stereocenters. The first-order valence-electron chi connectivity index (χ1n) is 9.18. The molecule has 0 aliphatic carbocycles. The highest BCUT2D eigenvalue weighted by atomic mass is 32.1. The number of pyridine rings is 2. The number of aryl methyl sites for hydroxylation is 3. The number of fused-ring (bicyclic) bond motifs is 2. The number of aromatic nitrogens is 2. The molecule has 0 N–H and O–H groups in total. The maximum atomic E-state index is 13.4. The van der Waals surface area contributed by atoms with Gasteiger partial charge in [0, 0.05) is 42.6 Å². The summed E-state index contributed by atoms with van der Waals surface area (Å²) in [6.45, 7) is 6.09. The van der Waals surface area contributed by atoms with E-state index < -0.39 is 0 Å². The van der Waals surface area contributed by atoms with Gasteiger partial charge in [-0.25, -0.2) is 4.39 Å². The average molecular weight is 413 g/mol. The van der Waals surface area contributed by atoms with Crippen LogP contribution >= 0.6 is 24.4 Å². The Morgan fingerprint density at radius 1 is 0.786 bits per heavy atom. The first-order valence-corrected chi connectivity index (χ1v) is 10.00. The Kier molecular flexibility index (Phi) is 7.61. The van der Waals surface area contributed by atoms with Crippen molar-refractivity contribution in [3.05, 3.63) is 81.6 Å². The Balaban J connectivity index is 0.000000184. The summed E-state index contributed by atoms with van der Waals surface area (Å²) in [4.78, 5) is 0. The molecule has 0 unspecified atom stereocenters. The van der Waals surface area contributed by atoms with Crippen LogP contribution in [-0.2, 0) is 14.1 Å². The van der Waals surface area contributed by atoms with Crippen LogP contribution in [0.2, 0.25) is 0 Å². The fraction of sp³-hybridized carbons (Fsp3) is 0.217. The Hall–Kier alpha value is -2.37. The molecule has 0 aliphatic rings. The molecule has 0 radical (unpaired) electrons. The van der Waals surface area contributed by atoms with Crippen molar-refractivity contribution in [2.45, 2.75) is 20.8 Å². The minimum atomic E-state index is -0.230. The van der Waals surface area contributed by atoms with E-state index in [0.29, 0.717) is 10.0 Å². The van der Waals surface area contributed by atoms with Crippen molar-refractivity contribution >= 4 is 46.0 Å². The molecule has 4 aromatic rings. The van der Waals surface area contributed by atoms with Gasteiger partial charge in [-0.05, 0) is 18.4 Å². The zero-order valence-electron chi connectivity index (χ0n) is 16.9. The molecule has 2 aromatic heterocycles. The summed E-state index contributed by atoms with van der Waals surface area (Å²) in [7, 11) is 3.72. The molecule has 2 heterocycles. The van der Waals surface area contributed by atoms with Crippen LogP contribution in [-0.4, -0.2) is 9.13 Å². The fourth-order valence-electron chi connectivity index (χ4n) is 2.83. The van der Waals surface area contributed by atoms with Crippen molar-refractivity contribution in [3.63, 3.8) is 0 Å². The SMILES string of the molecule is CC.Cc1ccc2c(=S)n(C)ccc2c1.Cn1cc(F)c2ccccc2c1=S. The minimum absolute atomic E-state index is 0.230. The van der Waals surface area contributed by atoms with E-state index in [9.17, 15) is 4.39 Å². The zero-order chi connectivity index (χ0) is 20.8. The van der Waals surface area contributed by atoms with Crippen molar-refractivity contribution in [2.75, 3.05) is 0 Å². The Morgan fingerprint density at radius 2 is 1.39 bits per heavy atom. The van der Waals surface area contributed by atoms with Gasteiger partial charge in [0.2, 0.25) is 0 Å². The van der Waals surface area contributed by atoms with E-state index in [-0.39, 0.29) is 5.82 Å². The Bertz CT molecular complexity index is 1220. The second-order valence-corrected chi connectivity index (χ2v) is 7.03. The maximum absolute atomic E-state index is 13.4. The highest BCUT2D eigenvalue weighted by molar-refractivity contribution is 7.71. The summed E-state index contributed by atoms with van der Waals surface area (Å²) in [6.07, 6.45) is 3.41. The number of rotatable bonds is 0. The van der Waals surface area contributed by atoms with E-state index in [0.717, 1.165) is 15.4 Å². The van der Waals surface area contributed by atoms with Crippen LogP contribution in [0.3, 0.4) is 0 Å². The highest BCUT2D eigenvalue weighted by Gasteiger charge is 2.02. The molecule has 0 fully saturated rings. The molecule has 0 saturated heterocycles. The molecule has 0 bridgehead atoms. The van der Waals surface area contributed by atoms with Gasteiger partial charge in [-0.15, -0.1) is 0 Å². The van der Waals surface area contributed by atoms with E-state index in [4.69, 9.17) is 24.4 Å². The molecule has 2 aromatic carbocycles. The largest absolute Gasteiger partial charge is 0.342 e. The van der Waals surface area contributed by atoms with Crippen molar-refractivity contribution in [3.8, 4) is 0 Å². The molecule has 4 rings (SSSR count). The smallest absolute Gasteiger partial charge is 0.147 e. The van der Waals surface area contributed by atoms with Crippen LogP contribution in [0.5, 0.6) is 0 Å². The third kappa shape index (κ3) is 4.72. The molecule has 0 spiro atoms. The lowest BCUT2D eigenvalue weighted by atomic mass is 10.1. The van der Waals surface area contributed by atoms with E-state index in [1.165, 1.54) is 17.1 Å². The second kappa shape index (κ2) is 9.71. The molecular weight excluding hydrogens is 387 g/mol. The lowest BCUT2D eigenvalue weighted by molar-refractivity contribution is 0.621. The molecule has 146 valence electrons. The molecule has 5 heteroatoms. The monoisotopic (exact) mass is 412 g/mol. The summed E-state index contributed by atoms with van der Waals surface area (Å²) in [5.41, 5.74) is 1.27. The third-order valence-electron chi connectivity index (χ3n) is 4.28. The number of halogens is 1. The van der Waals surface area contributed by atoms with Gasteiger partial charge in [-0.1, -0.05) is 86.3 Å². The topological polar surface area (TPSA) is 9.86 Å². The summed E-state index contributed by atoms with van der Waals surface area (Å²) < 4.78 is 18.5. The van der Waals surface area contributed by atoms with Crippen LogP contribution < -0.4 is 0 Å². The summed E-state index contributed by atoms with van der Waals surface area (Å²) in [5.74, 6) is -0.230.